The zero-order valence-electron chi connectivity index (χ0n) is 24.5. The Morgan fingerprint density at radius 1 is 1.32 bits per heavy atom. The number of likely N-dealkylation sites (N-methyl/N-ethyl adjacent to an activating group) is 2. The monoisotopic (exact) mass is 514 g/mol. The number of nitrogens with zero attached hydrogens (tertiary/aromatic N) is 4. The number of hydrogen-bond acceptors (Lipinski definition) is 7. The van der Waals surface area contributed by atoms with Crippen molar-refractivity contribution in [2.75, 3.05) is 49.8 Å². The lowest BCUT2D eigenvalue weighted by atomic mass is 10.0. The summed E-state index contributed by atoms with van der Waals surface area (Å²) in [7, 11) is 3.35. The number of para-hydroxylation sites is 1. The SMILES string of the molecule is [2H]C([2H])([2H])NCCN(C)c1cc(OC)c(Nc2nccc(-c3cn4c5c(cccc35)CCC4)n2)cc1NC(=O)C=C. The van der Waals surface area contributed by atoms with Crippen LogP contribution in [0.4, 0.5) is 23.0 Å². The second-order valence-electron chi connectivity index (χ2n) is 9.15. The number of carbonyl (C=O) groups is 1. The molecule has 4 aromatic rings. The molecule has 0 aliphatic carbocycles. The summed E-state index contributed by atoms with van der Waals surface area (Å²) < 4.78 is 30.1. The van der Waals surface area contributed by atoms with Crippen molar-refractivity contribution in [3.63, 3.8) is 0 Å². The highest BCUT2D eigenvalue weighted by Gasteiger charge is 2.19. The molecule has 9 heteroatoms. The van der Waals surface area contributed by atoms with E-state index >= 15 is 0 Å². The molecule has 3 heterocycles. The summed E-state index contributed by atoms with van der Waals surface area (Å²) in [5.74, 6) is 0.479. The molecule has 0 bridgehead atoms. The number of benzene rings is 2. The Morgan fingerprint density at radius 2 is 2.21 bits per heavy atom. The van der Waals surface area contributed by atoms with Crippen LogP contribution in [0.25, 0.3) is 22.2 Å². The van der Waals surface area contributed by atoms with Crippen molar-refractivity contribution in [2.45, 2.75) is 19.4 Å². The maximum Gasteiger partial charge on any atom is 0.247 e. The molecular formula is C29H33N7O2. The third-order valence-corrected chi connectivity index (χ3v) is 6.75. The fourth-order valence-electron chi connectivity index (χ4n) is 4.93. The van der Waals surface area contributed by atoms with Crippen LogP contribution < -0.4 is 25.6 Å². The summed E-state index contributed by atoms with van der Waals surface area (Å²) in [6, 6.07) is 11.8. The van der Waals surface area contributed by atoms with E-state index in [1.54, 1.807) is 32.5 Å². The number of aromatic nitrogens is 3. The van der Waals surface area contributed by atoms with Gasteiger partial charge >= 0.3 is 0 Å². The third kappa shape index (κ3) is 4.92. The molecule has 0 saturated carbocycles. The minimum absolute atomic E-state index is 0.211. The first kappa shape index (κ1) is 21.7. The molecule has 2 aromatic carbocycles. The quantitative estimate of drug-likeness (QED) is 0.267. The fraction of sp³-hybridized carbons (Fsp3) is 0.276. The summed E-state index contributed by atoms with van der Waals surface area (Å²) in [6.45, 7) is 2.86. The lowest BCUT2D eigenvalue weighted by molar-refractivity contribution is -0.111. The molecule has 0 spiro atoms. The molecule has 2 aromatic heterocycles. The van der Waals surface area contributed by atoms with Gasteiger partial charge in [-0.25, -0.2) is 9.97 Å². The largest absolute Gasteiger partial charge is 0.494 e. The van der Waals surface area contributed by atoms with Crippen molar-refractivity contribution < 1.29 is 13.6 Å². The van der Waals surface area contributed by atoms with Gasteiger partial charge in [-0.2, -0.15) is 0 Å². The van der Waals surface area contributed by atoms with Crippen molar-refractivity contribution in [3.05, 3.63) is 67.0 Å². The van der Waals surface area contributed by atoms with Crippen LogP contribution in [-0.2, 0) is 17.8 Å². The first-order chi connectivity index (χ1) is 19.7. The fourth-order valence-corrected chi connectivity index (χ4v) is 4.93. The van der Waals surface area contributed by atoms with Gasteiger partial charge in [0.25, 0.3) is 0 Å². The van der Waals surface area contributed by atoms with Crippen LogP contribution in [0.2, 0.25) is 0 Å². The highest BCUT2D eigenvalue weighted by Crippen LogP contribution is 2.39. The minimum atomic E-state index is -2.24. The number of carbonyl (C=O) groups excluding carboxylic acids is 1. The smallest absolute Gasteiger partial charge is 0.247 e. The summed E-state index contributed by atoms with van der Waals surface area (Å²) >= 11 is 0. The normalized spacial score (nSPS) is 13.8. The van der Waals surface area contributed by atoms with Crippen LogP contribution in [0.5, 0.6) is 5.75 Å². The Morgan fingerprint density at radius 3 is 3.03 bits per heavy atom. The maximum absolute atomic E-state index is 12.3. The van der Waals surface area contributed by atoms with Gasteiger partial charge in [0.05, 0.1) is 35.4 Å². The van der Waals surface area contributed by atoms with E-state index in [9.17, 15) is 4.79 Å². The summed E-state index contributed by atoms with van der Waals surface area (Å²) in [5.41, 5.74) is 6.12. The third-order valence-electron chi connectivity index (χ3n) is 6.75. The number of rotatable bonds is 10. The standard InChI is InChI=1S/C29H33N7O2/c1-5-27(37)32-23-16-24(26(38-4)17-25(23)35(3)15-13-30-2)34-29-31-12-11-22(33-29)21-18-36-14-7-9-19-8-6-10-20(21)28(19)36/h5-6,8,10-12,16-18,30H,1,7,9,13-15H2,2-4H3,(H,32,37)(H,31,33,34)/i2D3. The van der Waals surface area contributed by atoms with E-state index in [1.807, 2.05) is 11.0 Å². The van der Waals surface area contributed by atoms with Gasteiger partial charge in [-0.05, 0) is 43.6 Å². The van der Waals surface area contributed by atoms with Crippen molar-refractivity contribution in [2.24, 2.45) is 0 Å². The average molecular weight is 515 g/mol. The predicted octanol–water partition coefficient (Wildman–Crippen LogP) is 4.58. The number of nitrogens with one attached hydrogen (secondary N) is 3. The lowest BCUT2D eigenvalue weighted by Gasteiger charge is -2.24. The number of methoxy groups -OCH3 is 1. The van der Waals surface area contributed by atoms with Gasteiger partial charge in [0.15, 0.2) is 0 Å². The number of anilines is 4. The molecule has 0 fully saturated rings. The van der Waals surface area contributed by atoms with Gasteiger partial charge in [-0.15, -0.1) is 0 Å². The van der Waals surface area contributed by atoms with Crippen LogP contribution in [0.3, 0.4) is 0 Å². The van der Waals surface area contributed by atoms with Crippen LogP contribution in [0.1, 0.15) is 16.1 Å². The number of aryl methyl sites for hydroxylation is 2. The molecule has 1 aliphatic rings. The highest BCUT2D eigenvalue weighted by molar-refractivity contribution is 6.02. The first-order valence-corrected chi connectivity index (χ1v) is 12.5. The van der Waals surface area contributed by atoms with Crippen LogP contribution in [-0.4, -0.2) is 54.7 Å². The molecule has 0 atom stereocenters. The van der Waals surface area contributed by atoms with Gasteiger partial charge in [0.2, 0.25) is 11.9 Å². The summed E-state index contributed by atoms with van der Waals surface area (Å²) in [4.78, 5) is 23.4. The zero-order chi connectivity index (χ0) is 29.1. The van der Waals surface area contributed by atoms with Crippen LogP contribution in [0, 0.1) is 0 Å². The van der Waals surface area contributed by atoms with Gasteiger partial charge in [-0.1, -0.05) is 24.8 Å². The second kappa shape index (κ2) is 10.9. The second-order valence-corrected chi connectivity index (χ2v) is 9.15. The van der Waals surface area contributed by atoms with E-state index in [-0.39, 0.29) is 12.5 Å². The van der Waals surface area contributed by atoms with Crippen molar-refractivity contribution in [1.29, 1.82) is 0 Å². The molecule has 0 radical (unpaired) electrons. The Labute approximate surface area is 226 Å². The average Bonchev–Trinajstić information content (AvgIpc) is 3.33. The Kier molecular flexibility index (Phi) is 6.24. The van der Waals surface area contributed by atoms with E-state index in [2.05, 4.69) is 56.5 Å². The molecular weight excluding hydrogens is 478 g/mol. The van der Waals surface area contributed by atoms with E-state index in [0.717, 1.165) is 30.6 Å². The Balaban J connectivity index is 1.47. The lowest BCUT2D eigenvalue weighted by Crippen LogP contribution is -2.28. The number of ether oxygens (including phenoxy) is 1. The summed E-state index contributed by atoms with van der Waals surface area (Å²) in [5, 5.41) is 9.75. The topological polar surface area (TPSA) is 96.3 Å². The predicted molar refractivity (Wildman–Crippen MR) is 154 cm³/mol. The van der Waals surface area contributed by atoms with Gasteiger partial charge in [0.1, 0.15) is 5.75 Å². The van der Waals surface area contributed by atoms with E-state index in [4.69, 9.17) is 13.8 Å². The molecule has 1 aliphatic heterocycles. The van der Waals surface area contributed by atoms with Crippen molar-refractivity contribution >= 4 is 39.8 Å². The molecule has 1 amide bonds. The molecule has 5 rings (SSSR count). The first-order valence-electron chi connectivity index (χ1n) is 14.0. The van der Waals surface area contributed by atoms with Crippen molar-refractivity contribution in [1.82, 2.24) is 19.9 Å². The molecule has 38 heavy (non-hydrogen) atoms. The van der Waals surface area contributed by atoms with Crippen molar-refractivity contribution in [3.8, 4) is 17.0 Å². The van der Waals surface area contributed by atoms with Crippen LogP contribution in [0.15, 0.2) is 61.4 Å². The molecule has 196 valence electrons. The van der Waals surface area contributed by atoms with Gasteiger partial charge < -0.3 is 30.2 Å². The molecule has 9 nitrogen and oxygen atoms in total. The van der Waals surface area contributed by atoms with Gasteiger partial charge in [0, 0.05) is 60.2 Å². The Hall–Kier alpha value is -4.37. The Bertz CT molecular complexity index is 1600. The number of hydrogen-bond donors (Lipinski definition) is 3. The minimum Gasteiger partial charge on any atom is -0.494 e. The highest BCUT2D eigenvalue weighted by atomic mass is 16.5. The molecule has 0 unspecified atom stereocenters. The maximum atomic E-state index is 12.3. The molecule has 0 saturated heterocycles. The number of amides is 1. The van der Waals surface area contributed by atoms with E-state index < -0.39 is 6.98 Å². The summed E-state index contributed by atoms with van der Waals surface area (Å²) in [6.07, 6.45) is 7.24. The molecule has 3 N–H and O–H groups in total. The van der Waals surface area contributed by atoms with E-state index in [1.165, 1.54) is 22.5 Å². The van der Waals surface area contributed by atoms with Crippen LogP contribution >= 0.6 is 0 Å². The van der Waals surface area contributed by atoms with Gasteiger partial charge in [-0.3, -0.25) is 4.79 Å². The van der Waals surface area contributed by atoms with E-state index in [0.29, 0.717) is 35.3 Å². The zero-order valence-corrected chi connectivity index (χ0v) is 21.5.